The molecule has 6 nitrogen and oxygen atoms in total. The first-order valence-corrected chi connectivity index (χ1v) is 26.9. The van der Waals surface area contributed by atoms with E-state index >= 15 is 0 Å². The lowest BCUT2D eigenvalue weighted by atomic mass is 10.1. The molecule has 0 aromatic rings. The second kappa shape index (κ2) is 51.5. The van der Waals surface area contributed by atoms with E-state index < -0.39 is 12.1 Å². The molecular formula is C56H103NO5. The van der Waals surface area contributed by atoms with E-state index in [1.54, 1.807) is 6.08 Å². The summed E-state index contributed by atoms with van der Waals surface area (Å²) < 4.78 is 5.46. The summed E-state index contributed by atoms with van der Waals surface area (Å²) in [7, 11) is 0. The lowest BCUT2D eigenvalue weighted by Gasteiger charge is -2.20. The van der Waals surface area contributed by atoms with Gasteiger partial charge in [-0.05, 0) is 96.3 Å². The number of ether oxygens (including phenoxy) is 1. The van der Waals surface area contributed by atoms with Gasteiger partial charge in [-0.3, -0.25) is 9.59 Å². The smallest absolute Gasteiger partial charge is 0.305 e. The molecule has 0 aliphatic rings. The minimum absolute atomic E-state index is 0.0203. The highest BCUT2D eigenvalue weighted by atomic mass is 16.5. The van der Waals surface area contributed by atoms with Crippen LogP contribution >= 0.6 is 0 Å². The molecule has 0 aromatic carbocycles. The summed E-state index contributed by atoms with van der Waals surface area (Å²) in [5.41, 5.74) is 0. The number of carbonyl (C=O) groups excluding carboxylic acids is 2. The molecule has 6 heteroatoms. The van der Waals surface area contributed by atoms with Gasteiger partial charge in [-0.2, -0.15) is 0 Å². The van der Waals surface area contributed by atoms with E-state index in [0.717, 1.165) is 83.5 Å². The van der Waals surface area contributed by atoms with Crippen molar-refractivity contribution < 1.29 is 24.5 Å². The van der Waals surface area contributed by atoms with E-state index in [4.69, 9.17) is 4.74 Å². The van der Waals surface area contributed by atoms with Crippen molar-refractivity contribution >= 4 is 11.9 Å². The largest absolute Gasteiger partial charge is 0.466 e. The molecule has 0 aliphatic heterocycles. The zero-order valence-electron chi connectivity index (χ0n) is 41.1. The Labute approximate surface area is 385 Å². The second-order valence-corrected chi connectivity index (χ2v) is 18.2. The molecule has 0 bridgehead atoms. The van der Waals surface area contributed by atoms with Crippen molar-refractivity contribution in [3.63, 3.8) is 0 Å². The van der Waals surface area contributed by atoms with Gasteiger partial charge in [0.15, 0.2) is 0 Å². The van der Waals surface area contributed by atoms with Gasteiger partial charge in [0.05, 0.1) is 25.4 Å². The average molecular weight is 870 g/mol. The summed E-state index contributed by atoms with van der Waals surface area (Å²) in [4.78, 5) is 24.4. The van der Waals surface area contributed by atoms with Gasteiger partial charge < -0.3 is 20.3 Å². The van der Waals surface area contributed by atoms with Crippen LogP contribution in [0.15, 0.2) is 48.6 Å². The molecule has 0 radical (unpaired) electrons. The number of nitrogens with one attached hydrogen (secondary N) is 1. The molecule has 1 amide bonds. The molecule has 2 atom stereocenters. The van der Waals surface area contributed by atoms with Crippen molar-refractivity contribution in [1.82, 2.24) is 5.32 Å². The number of hydrogen-bond acceptors (Lipinski definition) is 5. The van der Waals surface area contributed by atoms with Crippen molar-refractivity contribution in [1.29, 1.82) is 0 Å². The van der Waals surface area contributed by atoms with Crippen LogP contribution in [0, 0.1) is 0 Å². The first-order chi connectivity index (χ1) is 30.5. The van der Waals surface area contributed by atoms with E-state index in [1.165, 1.54) is 161 Å². The van der Waals surface area contributed by atoms with Crippen LogP contribution < -0.4 is 5.32 Å². The van der Waals surface area contributed by atoms with Crippen LogP contribution in [0.5, 0.6) is 0 Å². The normalized spacial score (nSPS) is 13.0. The van der Waals surface area contributed by atoms with Crippen LogP contribution in [0.2, 0.25) is 0 Å². The van der Waals surface area contributed by atoms with Crippen molar-refractivity contribution in [3.05, 3.63) is 48.6 Å². The van der Waals surface area contributed by atoms with Crippen molar-refractivity contribution in [3.8, 4) is 0 Å². The van der Waals surface area contributed by atoms with E-state index in [-0.39, 0.29) is 18.5 Å². The number of unbranched alkanes of at least 4 members (excludes halogenated alkanes) is 32. The lowest BCUT2D eigenvalue weighted by molar-refractivity contribution is -0.143. The molecule has 0 saturated carbocycles. The molecule has 2 unspecified atom stereocenters. The molecule has 0 saturated heterocycles. The van der Waals surface area contributed by atoms with Crippen LogP contribution in [0.4, 0.5) is 0 Å². The molecule has 0 heterocycles. The number of esters is 1. The van der Waals surface area contributed by atoms with Crippen molar-refractivity contribution in [2.75, 3.05) is 13.2 Å². The Balaban J connectivity index is 3.50. The highest BCUT2D eigenvalue weighted by molar-refractivity contribution is 5.76. The Morgan fingerprint density at radius 2 is 0.806 bits per heavy atom. The minimum atomic E-state index is -0.854. The van der Waals surface area contributed by atoms with E-state index in [0.29, 0.717) is 19.4 Å². The Hall–Kier alpha value is -2.18. The van der Waals surface area contributed by atoms with Gasteiger partial charge in [0.1, 0.15) is 0 Å². The van der Waals surface area contributed by atoms with Crippen LogP contribution in [0.3, 0.4) is 0 Å². The molecule has 62 heavy (non-hydrogen) atoms. The van der Waals surface area contributed by atoms with Crippen molar-refractivity contribution in [2.45, 2.75) is 283 Å². The van der Waals surface area contributed by atoms with E-state index in [2.05, 4.69) is 55.6 Å². The zero-order chi connectivity index (χ0) is 45.1. The van der Waals surface area contributed by atoms with Gasteiger partial charge in [-0.25, -0.2) is 0 Å². The highest BCUT2D eigenvalue weighted by Crippen LogP contribution is 2.14. The summed E-state index contributed by atoms with van der Waals surface area (Å²) in [6.45, 7) is 4.83. The average Bonchev–Trinajstić information content (AvgIpc) is 3.27. The Morgan fingerprint density at radius 3 is 1.24 bits per heavy atom. The topological polar surface area (TPSA) is 95.9 Å². The van der Waals surface area contributed by atoms with Gasteiger partial charge in [0.25, 0.3) is 0 Å². The fourth-order valence-corrected chi connectivity index (χ4v) is 7.89. The monoisotopic (exact) mass is 870 g/mol. The molecule has 3 N–H and O–H groups in total. The van der Waals surface area contributed by atoms with Gasteiger partial charge in [0.2, 0.25) is 5.91 Å². The SMILES string of the molecule is CCCCCCCCC/C=C\CCCCCCCCCC(=O)OCCCCC/C=C\C/C=C\CCCCCCCCCC(=O)NC(CO)C(O)/C=C/CCCCCCCCCC. The molecule has 0 rings (SSSR count). The number of allylic oxidation sites excluding steroid dienone is 7. The number of hydrogen-bond donors (Lipinski definition) is 3. The quantitative estimate of drug-likeness (QED) is 0.0322. The third-order valence-electron chi connectivity index (χ3n) is 12.1. The summed E-state index contributed by atoms with van der Waals surface area (Å²) in [5, 5.41) is 22.9. The number of amides is 1. The fourth-order valence-electron chi connectivity index (χ4n) is 7.89. The van der Waals surface area contributed by atoms with Gasteiger partial charge in [0, 0.05) is 12.8 Å². The molecular weight excluding hydrogens is 767 g/mol. The molecule has 0 aromatic heterocycles. The van der Waals surface area contributed by atoms with E-state index in [1.807, 2.05) is 6.08 Å². The van der Waals surface area contributed by atoms with Gasteiger partial charge in [-0.1, -0.05) is 210 Å². The lowest BCUT2D eigenvalue weighted by Crippen LogP contribution is -2.45. The Morgan fingerprint density at radius 1 is 0.452 bits per heavy atom. The first-order valence-electron chi connectivity index (χ1n) is 26.9. The summed E-state index contributed by atoms with van der Waals surface area (Å²) in [6, 6.07) is -0.639. The van der Waals surface area contributed by atoms with Crippen molar-refractivity contribution in [2.24, 2.45) is 0 Å². The number of carbonyl (C=O) groups is 2. The number of rotatable bonds is 49. The number of aliphatic hydroxyl groups is 2. The fraction of sp³-hybridized carbons (Fsp3) is 0.821. The number of aliphatic hydroxyl groups excluding tert-OH is 2. The third-order valence-corrected chi connectivity index (χ3v) is 12.1. The zero-order valence-corrected chi connectivity index (χ0v) is 41.1. The molecule has 0 fully saturated rings. The maximum absolute atomic E-state index is 12.4. The molecule has 0 spiro atoms. The van der Waals surface area contributed by atoms with Crippen LogP contribution in [-0.2, 0) is 14.3 Å². The highest BCUT2D eigenvalue weighted by Gasteiger charge is 2.18. The summed E-state index contributed by atoms with van der Waals surface area (Å²) in [5.74, 6) is -0.108. The molecule has 0 aliphatic carbocycles. The second-order valence-electron chi connectivity index (χ2n) is 18.2. The maximum Gasteiger partial charge on any atom is 0.305 e. The minimum Gasteiger partial charge on any atom is -0.466 e. The molecule has 362 valence electrons. The predicted molar refractivity (Wildman–Crippen MR) is 269 cm³/mol. The first kappa shape index (κ1) is 59.8. The van der Waals surface area contributed by atoms with Crippen LogP contribution in [-0.4, -0.2) is 47.4 Å². The van der Waals surface area contributed by atoms with Crippen LogP contribution in [0.25, 0.3) is 0 Å². The Kier molecular flexibility index (Phi) is 49.6. The van der Waals surface area contributed by atoms with Gasteiger partial charge in [-0.15, -0.1) is 0 Å². The standard InChI is InChI=1S/C56H103NO5/c1-3-5-7-9-11-13-15-16-17-18-21-24-27-30-34-38-42-46-50-56(61)62-51-47-43-39-35-31-28-25-22-19-20-23-26-29-33-37-41-45-49-55(60)57-53(52-58)54(59)48-44-40-36-32-14-12-10-8-6-4-2/h17-19,22,28,31,44,48,53-54,58-59H,3-16,20-21,23-27,29-30,32-43,45-47,49-52H2,1-2H3,(H,57,60)/b18-17-,22-19-,31-28-,48-44+. The van der Waals surface area contributed by atoms with Gasteiger partial charge >= 0.3 is 5.97 Å². The summed E-state index contributed by atoms with van der Waals surface area (Å²) >= 11 is 0. The third kappa shape index (κ3) is 47.3. The predicted octanol–water partition coefficient (Wildman–Crippen LogP) is 16.2. The summed E-state index contributed by atoms with van der Waals surface area (Å²) in [6.07, 6.45) is 64.1. The van der Waals surface area contributed by atoms with E-state index in [9.17, 15) is 19.8 Å². The Bertz CT molecular complexity index is 1050. The van der Waals surface area contributed by atoms with Crippen LogP contribution in [0.1, 0.15) is 271 Å². The maximum atomic E-state index is 12.4.